The Bertz CT molecular complexity index is 572. The third-order valence-corrected chi connectivity index (χ3v) is 2.21. The molecule has 0 saturated carbocycles. The summed E-state index contributed by atoms with van der Waals surface area (Å²) in [5, 5.41) is 8.89. The lowest BCUT2D eigenvalue weighted by atomic mass is 10.3. The molecule has 0 aliphatic rings. The highest BCUT2D eigenvalue weighted by molar-refractivity contribution is 6.30. The Kier molecular flexibility index (Phi) is 2.92. The minimum atomic E-state index is -0.648. The van der Waals surface area contributed by atoms with Gasteiger partial charge in [0.1, 0.15) is 5.82 Å². The molecule has 0 atom stereocenters. The fraction of sp³-hybridized carbons (Fsp3) is 0. The van der Waals surface area contributed by atoms with Gasteiger partial charge in [-0.2, -0.15) is 0 Å². The molecular formula is C9H6ClFN4O2. The summed E-state index contributed by atoms with van der Waals surface area (Å²) in [6, 6.07) is 3.83. The zero-order chi connectivity index (χ0) is 12.4. The third kappa shape index (κ3) is 2.34. The molecule has 2 aromatic rings. The molecule has 1 heterocycles. The Morgan fingerprint density at radius 1 is 1.47 bits per heavy atom. The second kappa shape index (κ2) is 4.38. The van der Waals surface area contributed by atoms with Crippen LogP contribution in [0.25, 0.3) is 0 Å². The lowest BCUT2D eigenvalue weighted by molar-refractivity contribution is 0.101. The molecule has 1 aromatic heterocycles. The Labute approximate surface area is 99.5 Å². The van der Waals surface area contributed by atoms with E-state index < -0.39 is 11.7 Å². The number of aromatic nitrogens is 2. The van der Waals surface area contributed by atoms with Crippen LogP contribution < -0.4 is 11.1 Å². The molecule has 8 heteroatoms. The van der Waals surface area contributed by atoms with E-state index in [0.29, 0.717) is 0 Å². The number of anilines is 2. The van der Waals surface area contributed by atoms with Crippen molar-refractivity contribution in [2.45, 2.75) is 0 Å². The number of carbonyl (C=O) groups excluding carboxylic acids is 1. The van der Waals surface area contributed by atoms with Gasteiger partial charge in [0.05, 0.1) is 5.02 Å². The number of halogens is 2. The van der Waals surface area contributed by atoms with Crippen LogP contribution in [0.5, 0.6) is 0 Å². The van der Waals surface area contributed by atoms with Crippen LogP contribution in [0, 0.1) is 5.82 Å². The normalized spacial score (nSPS) is 10.2. The molecule has 1 aromatic carbocycles. The standard InChI is InChI=1S/C9H6ClFN4O2/c10-5-2-1-4(3-6(5)11)13-9(16)7-8(12)15-17-14-7/h1-3H,(H2,12,15)(H,13,16). The van der Waals surface area contributed by atoms with E-state index in [1.165, 1.54) is 12.1 Å². The van der Waals surface area contributed by atoms with E-state index in [1.807, 2.05) is 0 Å². The van der Waals surface area contributed by atoms with Gasteiger partial charge in [0.15, 0.2) is 0 Å². The Hall–Kier alpha value is -2.15. The zero-order valence-electron chi connectivity index (χ0n) is 8.28. The highest BCUT2D eigenvalue weighted by atomic mass is 35.5. The number of carbonyl (C=O) groups is 1. The average Bonchev–Trinajstić information content (AvgIpc) is 2.70. The van der Waals surface area contributed by atoms with E-state index in [2.05, 4.69) is 20.3 Å². The first-order chi connectivity index (χ1) is 8.08. The first-order valence-electron chi connectivity index (χ1n) is 4.42. The maximum absolute atomic E-state index is 13.1. The molecule has 0 aliphatic carbocycles. The van der Waals surface area contributed by atoms with Crippen molar-refractivity contribution in [1.82, 2.24) is 10.3 Å². The molecular weight excluding hydrogens is 251 g/mol. The van der Waals surface area contributed by atoms with Crippen LogP contribution in [0.15, 0.2) is 22.8 Å². The summed E-state index contributed by atoms with van der Waals surface area (Å²) in [7, 11) is 0. The van der Waals surface area contributed by atoms with Gasteiger partial charge in [0, 0.05) is 5.69 Å². The van der Waals surface area contributed by atoms with E-state index in [0.717, 1.165) is 6.07 Å². The van der Waals surface area contributed by atoms with Crippen molar-refractivity contribution < 1.29 is 13.8 Å². The first kappa shape index (κ1) is 11.3. The van der Waals surface area contributed by atoms with Gasteiger partial charge >= 0.3 is 0 Å². The molecule has 0 unspecified atom stereocenters. The Morgan fingerprint density at radius 3 is 2.82 bits per heavy atom. The fourth-order valence-corrected chi connectivity index (χ4v) is 1.23. The third-order valence-electron chi connectivity index (χ3n) is 1.91. The Morgan fingerprint density at radius 2 is 2.24 bits per heavy atom. The maximum atomic E-state index is 13.1. The predicted octanol–water partition coefficient (Wildman–Crippen LogP) is 1.70. The monoisotopic (exact) mass is 256 g/mol. The molecule has 2 rings (SSSR count). The number of hydrogen-bond donors (Lipinski definition) is 2. The van der Waals surface area contributed by atoms with Crippen molar-refractivity contribution in [3.05, 3.63) is 34.7 Å². The van der Waals surface area contributed by atoms with Crippen LogP contribution in [0.4, 0.5) is 15.9 Å². The highest BCUT2D eigenvalue weighted by Gasteiger charge is 2.16. The van der Waals surface area contributed by atoms with Crippen molar-refractivity contribution >= 4 is 29.0 Å². The number of nitrogens with zero attached hydrogens (tertiary/aromatic N) is 2. The average molecular weight is 257 g/mol. The minimum Gasteiger partial charge on any atom is -0.379 e. The Balaban J connectivity index is 2.19. The van der Waals surface area contributed by atoms with Crippen LogP contribution >= 0.6 is 11.6 Å². The summed E-state index contributed by atoms with van der Waals surface area (Å²) in [4.78, 5) is 11.6. The van der Waals surface area contributed by atoms with E-state index in [4.69, 9.17) is 17.3 Å². The molecule has 17 heavy (non-hydrogen) atoms. The molecule has 0 radical (unpaired) electrons. The van der Waals surface area contributed by atoms with Gasteiger partial charge in [0.2, 0.25) is 11.5 Å². The number of nitrogens with two attached hydrogens (primary N) is 1. The molecule has 3 N–H and O–H groups in total. The molecule has 0 aliphatic heterocycles. The van der Waals surface area contributed by atoms with Crippen molar-refractivity contribution in [1.29, 1.82) is 0 Å². The van der Waals surface area contributed by atoms with Gasteiger partial charge in [-0.1, -0.05) is 11.6 Å². The number of nitrogens with one attached hydrogen (secondary N) is 1. The van der Waals surface area contributed by atoms with Gasteiger partial charge in [0.25, 0.3) is 5.91 Å². The number of benzene rings is 1. The van der Waals surface area contributed by atoms with Gasteiger partial charge in [-0.15, -0.1) is 0 Å². The SMILES string of the molecule is Nc1nonc1C(=O)Nc1ccc(Cl)c(F)c1. The van der Waals surface area contributed by atoms with Crippen LogP contribution in [0.2, 0.25) is 5.02 Å². The smallest absolute Gasteiger partial charge is 0.281 e. The first-order valence-corrected chi connectivity index (χ1v) is 4.80. The number of hydrogen-bond acceptors (Lipinski definition) is 5. The maximum Gasteiger partial charge on any atom is 0.281 e. The molecule has 0 bridgehead atoms. The summed E-state index contributed by atoms with van der Waals surface area (Å²) in [6.07, 6.45) is 0. The number of nitrogen functional groups attached to an aromatic ring is 1. The van der Waals surface area contributed by atoms with Crippen molar-refractivity contribution in [2.24, 2.45) is 0 Å². The second-order valence-corrected chi connectivity index (χ2v) is 3.49. The number of rotatable bonds is 2. The van der Waals surface area contributed by atoms with E-state index in [9.17, 15) is 9.18 Å². The zero-order valence-corrected chi connectivity index (χ0v) is 9.03. The van der Waals surface area contributed by atoms with Gasteiger partial charge < -0.3 is 11.1 Å². The fourth-order valence-electron chi connectivity index (χ4n) is 1.12. The van der Waals surface area contributed by atoms with Crippen LogP contribution in [0.1, 0.15) is 10.5 Å². The topological polar surface area (TPSA) is 94.0 Å². The van der Waals surface area contributed by atoms with E-state index >= 15 is 0 Å². The quantitative estimate of drug-likeness (QED) is 0.853. The van der Waals surface area contributed by atoms with Crippen LogP contribution in [-0.2, 0) is 0 Å². The molecule has 0 fully saturated rings. The predicted molar refractivity (Wildman–Crippen MR) is 58.1 cm³/mol. The molecule has 0 spiro atoms. The second-order valence-electron chi connectivity index (χ2n) is 3.08. The molecule has 0 saturated heterocycles. The lowest BCUT2D eigenvalue weighted by Crippen LogP contribution is -2.14. The van der Waals surface area contributed by atoms with Gasteiger partial charge in [-0.3, -0.25) is 4.79 Å². The molecule has 6 nitrogen and oxygen atoms in total. The largest absolute Gasteiger partial charge is 0.379 e. The molecule has 1 amide bonds. The summed E-state index contributed by atoms with van der Waals surface area (Å²) < 4.78 is 17.4. The van der Waals surface area contributed by atoms with Crippen molar-refractivity contribution in [3.8, 4) is 0 Å². The molecule has 88 valence electrons. The van der Waals surface area contributed by atoms with Crippen LogP contribution in [0.3, 0.4) is 0 Å². The summed E-state index contributed by atoms with van der Waals surface area (Å²) in [5.41, 5.74) is 5.38. The van der Waals surface area contributed by atoms with Gasteiger partial charge in [-0.25, -0.2) is 9.02 Å². The summed E-state index contributed by atoms with van der Waals surface area (Å²) in [6.45, 7) is 0. The minimum absolute atomic E-state index is 0.0365. The lowest BCUT2D eigenvalue weighted by Gasteiger charge is -2.03. The van der Waals surface area contributed by atoms with Crippen molar-refractivity contribution in [2.75, 3.05) is 11.1 Å². The highest BCUT2D eigenvalue weighted by Crippen LogP contribution is 2.19. The van der Waals surface area contributed by atoms with Crippen LogP contribution in [-0.4, -0.2) is 16.2 Å². The summed E-state index contributed by atoms with van der Waals surface area (Å²) in [5.74, 6) is -1.43. The van der Waals surface area contributed by atoms with Crippen molar-refractivity contribution in [3.63, 3.8) is 0 Å². The van der Waals surface area contributed by atoms with E-state index in [-0.39, 0.29) is 22.2 Å². The summed E-state index contributed by atoms with van der Waals surface area (Å²) >= 11 is 5.50. The van der Waals surface area contributed by atoms with Gasteiger partial charge in [-0.05, 0) is 28.5 Å². The van der Waals surface area contributed by atoms with E-state index in [1.54, 1.807) is 0 Å². The number of amides is 1.